The molecule has 3 aromatic rings. The van der Waals surface area contributed by atoms with E-state index in [0.717, 1.165) is 22.3 Å². The first kappa shape index (κ1) is 16.3. The molecule has 0 atom stereocenters. The van der Waals surface area contributed by atoms with Crippen LogP contribution in [0, 0.1) is 6.92 Å². The molecule has 3 rings (SSSR count). The van der Waals surface area contributed by atoms with Gasteiger partial charge >= 0.3 is 0 Å². The number of fused-ring (bicyclic) bond motifs is 1. The monoisotopic (exact) mass is 385 g/mol. The molecule has 1 amide bonds. The smallest absolute Gasteiger partial charge is 0.251 e. The highest BCUT2D eigenvalue weighted by Crippen LogP contribution is 2.20. The summed E-state index contributed by atoms with van der Waals surface area (Å²) in [6.45, 7) is 2.31. The number of amides is 1. The number of carbonyl (C=O) groups excluding carboxylic acids is 1. The Labute approximate surface area is 147 Å². The lowest BCUT2D eigenvalue weighted by Gasteiger charge is -2.08. The fourth-order valence-electron chi connectivity index (χ4n) is 2.39. The topological polar surface area (TPSA) is 79.8 Å². The molecule has 2 N–H and O–H groups in total. The fraction of sp³-hybridized carbons (Fsp3) is 0.176. The van der Waals surface area contributed by atoms with Gasteiger partial charge < -0.3 is 10.6 Å². The SMILES string of the molecule is CNc1nc2ccc(C(=O)NCc3ccc(Br)nn3)cc2cc1C. The lowest BCUT2D eigenvalue weighted by atomic mass is 10.1. The molecule has 2 heterocycles. The maximum absolute atomic E-state index is 12.3. The number of nitrogens with zero attached hydrogens (tertiary/aromatic N) is 3. The van der Waals surface area contributed by atoms with Gasteiger partial charge in [-0.1, -0.05) is 0 Å². The van der Waals surface area contributed by atoms with Gasteiger partial charge in [0.2, 0.25) is 0 Å². The molecule has 1 aromatic carbocycles. The highest BCUT2D eigenvalue weighted by atomic mass is 79.9. The summed E-state index contributed by atoms with van der Waals surface area (Å²) in [5.41, 5.74) is 3.17. The molecular formula is C17H16BrN5O. The van der Waals surface area contributed by atoms with Crippen molar-refractivity contribution < 1.29 is 4.79 Å². The summed E-state index contributed by atoms with van der Waals surface area (Å²) in [6.07, 6.45) is 0. The van der Waals surface area contributed by atoms with Gasteiger partial charge in [0.25, 0.3) is 5.91 Å². The van der Waals surface area contributed by atoms with E-state index in [1.165, 1.54) is 0 Å². The van der Waals surface area contributed by atoms with Crippen molar-refractivity contribution in [1.82, 2.24) is 20.5 Å². The number of pyridine rings is 1. The van der Waals surface area contributed by atoms with E-state index in [9.17, 15) is 4.79 Å². The van der Waals surface area contributed by atoms with E-state index in [1.807, 2.05) is 38.2 Å². The summed E-state index contributed by atoms with van der Waals surface area (Å²) >= 11 is 3.23. The molecule has 24 heavy (non-hydrogen) atoms. The average Bonchev–Trinajstić information content (AvgIpc) is 2.59. The van der Waals surface area contributed by atoms with Crippen molar-refractivity contribution in [2.75, 3.05) is 12.4 Å². The Bertz CT molecular complexity index is 895. The summed E-state index contributed by atoms with van der Waals surface area (Å²) in [6, 6.07) is 11.1. The van der Waals surface area contributed by atoms with Crippen molar-refractivity contribution in [3.63, 3.8) is 0 Å². The van der Waals surface area contributed by atoms with Crippen LogP contribution in [0.4, 0.5) is 5.82 Å². The third-order valence-electron chi connectivity index (χ3n) is 3.62. The molecule has 6 nitrogen and oxygen atoms in total. The van der Waals surface area contributed by atoms with Crippen molar-refractivity contribution in [1.29, 1.82) is 0 Å². The van der Waals surface area contributed by atoms with Crippen LogP contribution in [0.25, 0.3) is 10.9 Å². The van der Waals surface area contributed by atoms with Gasteiger partial charge in [0.15, 0.2) is 0 Å². The minimum absolute atomic E-state index is 0.156. The summed E-state index contributed by atoms with van der Waals surface area (Å²) in [7, 11) is 1.84. The fourth-order valence-corrected chi connectivity index (χ4v) is 2.60. The van der Waals surface area contributed by atoms with Gasteiger partial charge in [0.05, 0.1) is 17.8 Å². The van der Waals surface area contributed by atoms with Crippen LogP contribution in [0.2, 0.25) is 0 Å². The van der Waals surface area contributed by atoms with E-state index in [1.54, 1.807) is 12.1 Å². The van der Waals surface area contributed by atoms with Crippen LogP contribution in [-0.2, 0) is 6.54 Å². The van der Waals surface area contributed by atoms with E-state index in [4.69, 9.17) is 0 Å². The summed E-state index contributed by atoms with van der Waals surface area (Å²) in [4.78, 5) is 16.9. The number of hydrogen-bond acceptors (Lipinski definition) is 5. The Hall–Kier alpha value is -2.54. The molecule has 0 unspecified atom stereocenters. The number of anilines is 1. The molecule has 2 aromatic heterocycles. The molecule has 0 saturated carbocycles. The molecule has 0 spiro atoms. The third-order valence-corrected chi connectivity index (χ3v) is 4.04. The number of aryl methyl sites for hydroxylation is 1. The van der Waals surface area contributed by atoms with Crippen molar-refractivity contribution in [3.05, 3.63) is 57.8 Å². The third kappa shape index (κ3) is 3.51. The Morgan fingerprint density at radius 1 is 1.17 bits per heavy atom. The number of hydrogen-bond donors (Lipinski definition) is 2. The number of aromatic nitrogens is 3. The molecule has 122 valence electrons. The van der Waals surface area contributed by atoms with E-state index in [0.29, 0.717) is 22.4 Å². The van der Waals surface area contributed by atoms with Crippen LogP contribution in [0.5, 0.6) is 0 Å². The zero-order valence-corrected chi connectivity index (χ0v) is 14.9. The van der Waals surface area contributed by atoms with E-state index in [2.05, 4.69) is 41.7 Å². The number of benzene rings is 1. The maximum Gasteiger partial charge on any atom is 0.251 e. The van der Waals surface area contributed by atoms with Crippen LogP contribution >= 0.6 is 15.9 Å². The van der Waals surface area contributed by atoms with E-state index >= 15 is 0 Å². The highest BCUT2D eigenvalue weighted by molar-refractivity contribution is 9.10. The van der Waals surface area contributed by atoms with Gasteiger partial charge in [0.1, 0.15) is 10.4 Å². The first-order valence-corrected chi connectivity index (χ1v) is 8.21. The molecule has 0 aliphatic carbocycles. The normalized spacial score (nSPS) is 10.6. The van der Waals surface area contributed by atoms with Crippen molar-refractivity contribution in [3.8, 4) is 0 Å². The van der Waals surface area contributed by atoms with Crippen molar-refractivity contribution >= 4 is 38.6 Å². The lowest BCUT2D eigenvalue weighted by molar-refractivity contribution is 0.0950. The van der Waals surface area contributed by atoms with E-state index in [-0.39, 0.29) is 5.91 Å². The first-order valence-electron chi connectivity index (χ1n) is 7.42. The van der Waals surface area contributed by atoms with Crippen molar-refractivity contribution in [2.45, 2.75) is 13.5 Å². The maximum atomic E-state index is 12.3. The molecule has 0 radical (unpaired) electrons. The second-order valence-corrected chi connectivity index (χ2v) is 6.15. The second kappa shape index (κ2) is 6.92. The Balaban J connectivity index is 1.78. The lowest BCUT2D eigenvalue weighted by Crippen LogP contribution is -2.23. The first-order chi connectivity index (χ1) is 11.6. The predicted octanol–water partition coefficient (Wildman–Crippen LogP) is 3.07. The Morgan fingerprint density at radius 3 is 2.71 bits per heavy atom. The summed E-state index contributed by atoms with van der Waals surface area (Å²) < 4.78 is 0.663. The average molecular weight is 386 g/mol. The highest BCUT2D eigenvalue weighted by Gasteiger charge is 2.09. The summed E-state index contributed by atoms with van der Waals surface area (Å²) in [5, 5.41) is 14.7. The van der Waals surface area contributed by atoms with Gasteiger partial charge in [-0.3, -0.25) is 4.79 Å². The number of nitrogens with one attached hydrogen (secondary N) is 2. The number of carbonyl (C=O) groups is 1. The molecule has 0 aliphatic heterocycles. The van der Waals surface area contributed by atoms with Crippen molar-refractivity contribution in [2.24, 2.45) is 0 Å². The van der Waals surface area contributed by atoms with Gasteiger partial charge in [0, 0.05) is 18.0 Å². The van der Waals surface area contributed by atoms with Crippen LogP contribution in [0.3, 0.4) is 0 Å². The zero-order chi connectivity index (χ0) is 17.1. The van der Waals surface area contributed by atoms with Crippen LogP contribution in [0.15, 0.2) is 41.0 Å². The summed E-state index contributed by atoms with van der Waals surface area (Å²) in [5.74, 6) is 0.686. The molecule has 0 bridgehead atoms. The number of halogens is 1. The number of rotatable bonds is 4. The molecular weight excluding hydrogens is 370 g/mol. The van der Waals surface area contributed by atoms with Gasteiger partial charge in [-0.2, -0.15) is 5.10 Å². The van der Waals surface area contributed by atoms with Crippen LogP contribution in [0.1, 0.15) is 21.6 Å². The molecule has 0 saturated heterocycles. The van der Waals surface area contributed by atoms with Crippen LogP contribution in [-0.4, -0.2) is 28.1 Å². The zero-order valence-electron chi connectivity index (χ0n) is 13.3. The van der Waals surface area contributed by atoms with Crippen LogP contribution < -0.4 is 10.6 Å². The second-order valence-electron chi connectivity index (χ2n) is 5.34. The van der Waals surface area contributed by atoms with Gasteiger partial charge in [-0.25, -0.2) is 4.98 Å². The Kier molecular flexibility index (Phi) is 4.71. The molecule has 7 heteroatoms. The Morgan fingerprint density at radius 2 is 2.00 bits per heavy atom. The molecule has 0 aliphatic rings. The standard InChI is InChI=1S/C17H16BrN5O/c1-10-7-12-8-11(3-5-14(12)21-16(10)19-2)17(24)20-9-13-4-6-15(18)23-22-13/h3-8H,9H2,1-2H3,(H,19,21)(H,20,24). The quantitative estimate of drug-likeness (QED) is 0.721. The van der Waals surface area contributed by atoms with E-state index < -0.39 is 0 Å². The predicted molar refractivity (Wildman–Crippen MR) is 96.9 cm³/mol. The molecule has 0 fully saturated rings. The van der Waals surface area contributed by atoms with Gasteiger partial charge in [-0.05, 0) is 64.8 Å². The minimum atomic E-state index is -0.156. The largest absolute Gasteiger partial charge is 0.373 e. The minimum Gasteiger partial charge on any atom is -0.373 e. The van der Waals surface area contributed by atoms with Gasteiger partial charge in [-0.15, -0.1) is 5.10 Å².